The van der Waals surface area contributed by atoms with Gasteiger partial charge in [0, 0.05) is 6.61 Å². The molecule has 4 nitrogen and oxygen atoms in total. The van der Waals surface area contributed by atoms with Gasteiger partial charge < -0.3 is 9.29 Å². The molecule has 0 fully saturated rings. The summed E-state index contributed by atoms with van der Waals surface area (Å²) >= 11 is 0. The lowest BCUT2D eigenvalue weighted by molar-refractivity contribution is 0.298. The Morgan fingerprint density at radius 3 is 2.57 bits per heavy atom. The first-order valence-electron chi connectivity index (χ1n) is 4.11. The van der Waals surface area contributed by atoms with E-state index >= 15 is 0 Å². The van der Waals surface area contributed by atoms with Crippen LogP contribution in [0.4, 0.5) is 0 Å². The van der Waals surface area contributed by atoms with E-state index < -0.39 is 10.1 Å². The summed E-state index contributed by atoms with van der Waals surface area (Å²) in [6, 6.07) is 6.73. The molecule has 0 aliphatic rings. The fourth-order valence-electron chi connectivity index (χ4n) is 1.08. The highest BCUT2D eigenvalue weighted by molar-refractivity contribution is 7.86. The highest BCUT2D eigenvalue weighted by Gasteiger charge is 2.08. The maximum absolute atomic E-state index is 10.9. The SMILES string of the molecule is CS(=O)(=O)Oc1ccccc1CCO. The lowest BCUT2D eigenvalue weighted by Crippen LogP contribution is -2.08. The van der Waals surface area contributed by atoms with Crippen LogP contribution >= 0.6 is 0 Å². The van der Waals surface area contributed by atoms with Crippen molar-refractivity contribution in [1.29, 1.82) is 0 Å². The van der Waals surface area contributed by atoms with Gasteiger partial charge in [0.1, 0.15) is 5.75 Å². The molecule has 0 saturated heterocycles. The van der Waals surface area contributed by atoms with E-state index in [9.17, 15) is 8.42 Å². The van der Waals surface area contributed by atoms with Crippen molar-refractivity contribution in [3.05, 3.63) is 29.8 Å². The third-order valence-electron chi connectivity index (χ3n) is 1.59. The molecular weight excluding hydrogens is 204 g/mol. The van der Waals surface area contributed by atoms with Gasteiger partial charge >= 0.3 is 10.1 Å². The zero-order chi connectivity index (χ0) is 10.6. The molecule has 0 amide bonds. The number of benzene rings is 1. The van der Waals surface area contributed by atoms with Crippen LogP contribution in [0.3, 0.4) is 0 Å². The number of hydrogen-bond acceptors (Lipinski definition) is 4. The summed E-state index contributed by atoms with van der Waals surface area (Å²) in [4.78, 5) is 0. The van der Waals surface area contributed by atoms with E-state index in [1.54, 1.807) is 24.3 Å². The van der Waals surface area contributed by atoms with Crippen molar-refractivity contribution in [1.82, 2.24) is 0 Å². The average Bonchev–Trinajstić information content (AvgIpc) is 2.06. The van der Waals surface area contributed by atoms with Gasteiger partial charge in [-0.1, -0.05) is 18.2 Å². The monoisotopic (exact) mass is 216 g/mol. The third kappa shape index (κ3) is 3.35. The van der Waals surface area contributed by atoms with Crippen LogP contribution in [-0.4, -0.2) is 26.4 Å². The van der Waals surface area contributed by atoms with Gasteiger partial charge in [-0.05, 0) is 18.1 Å². The second-order valence-corrected chi connectivity index (χ2v) is 4.44. The lowest BCUT2D eigenvalue weighted by Gasteiger charge is -2.07. The molecule has 0 spiro atoms. The molecule has 0 aliphatic heterocycles. The van der Waals surface area contributed by atoms with Crippen molar-refractivity contribution in [2.75, 3.05) is 12.9 Å². The van der Waals surface area contributed by atoms with Gasteiger partial charge in [0.05, 0.1) is 6.26 Å². The normalized spacial score (nSPS) is 11.3. The van der Waals surface area contributed by atoms with Crippen molar-refractivity contribution < 1.29 is 17.7 Å². The first kappa shape index (κ1) is 11.0. The number of aliphatic hydroxyl groups is 1. The molecule has 0 radical (unpaired) electrons. The Balaban J connectivity index is 2.95. The number of para-hydroxylation sites is 1. The number of hydrogen-bond donors (Lipinski definition) is 1. The highest BCUT2D eigenvalue weighted by atomic mass is 32.2. The molecule has 0 heterocycles. The number of rotatable bonds is 4. The zero-order valence-electron chi connectivity index (χ0n) is 7.80. The van der Waals surface area contributed by atoms with Gasteiger partial charge in [0.15, 0.2) is 0 Å². The van der Waals surface area contributed by atoms with Crippen LogP contribution < -0.4 is 4.18 Å². The van der Waals surface area contributed by atoms with Gasteiger partial charge in [0.25, 0.3) is 0 Å². The average molecular weight is 216 g/mol. The Morgan fingerprint density at radius 1 is 1.36 bits per heavy atom. The van der Waals surface area contributed by atoms with Gasteiger partial charge in [-0.15, -0.1) is 0 Å². The van der Waals surface area contributed by atoms with E-state index in [4.69, 9.17) is 9.29 Å². The van der Waals surface area contributed by atoms with Crippen molar-refractivity contribution in [3.63, 3.8) is 0 Å². The van der Waals surface area contributed by atoms with E-state index in [0.717, 1.165) is 6.26 Å². The largest absolute Gasteiger partial charge is 0.396 e. The van der Waals surface area contributed by atoms with Crippen LogP contribution in [0, 0.1) is 0 Å². The molecule has 78 valence electrons. The van der Waals surface area contributed by atoms with Crippen LogP contribution in [0.2, 0.25) is 0 Å². The molecule has 0 aromatic heterocycles. The van der Waals surface area contributed by atoms with Crippen LogP contribution in [-0.2, 0) is 16.5 Å². The number of aliphatic hydroxyl groups excluding tert-OH is 1. The topological polar surface area (TPSA) is 63.6 Å². The Kier molecular flexibility index (Phi) is 3.49. The zero-order valence-corrected chi connectivity index (χ0v) is 8.62. The highest BCUT2D eigenvalue weighted by Crippen LogP contribution is 2.19. The van der Waals surface area contributed by atoms with Crippen LogP contribution in [0.5, 0.6) is 5.75 Å². The summed E-state index contributed by atoms with van der Waals surface area (Å²) in [5.41, 5.74) is 0.681. The fourth-order valence-corrected chi connectivity index (χ4v) is 1.56. The molecular formula is C9H12O4S. The second-order valence-electron chi connectivity index (χ2n) is 2.87. The van der Waals surface area contributed by atoms with Crippen molar-refractivity contribution in [2.24, 2.45) is 0 Å². The standard InChI is InChI=1S/C9H12O4S/c1-14(11,12)13-9-5-3-2-4-8(9)6-7-10/h2-5,10H,6-7H2,1H3. The van der Waals surface area contributed by atoms with Crippen molar-refractivity contribution in [3.8, 4) is 5.75 Å². The summed E-state index contributed by atoms with van der Waals surface area (Å²) in [6.07, 6.45) is 1.37. The van der Waals surface area contributed by atoms with Crippen molar-refractivity contribution >= 4 is 10.1 Å². The van der Waals surface area contributed by atoms with Gasteiger partial charge in [-0.3, -0.25) is 0 Å². The minimum atomic E-state index is -3.50. The fraction of sp³-hybridized carbons (Fsp3) is 0.333. The third-order valence-corrected chi connectivity index (χ3v) is 2.08. The predicted molar refractivity (Wildman–Crippen MR) is 52.7 cm³/mol. The first-order chi connectivity index (χ1) is 6.53. The van der Waals surface area contributed by atoms with Crippen LogP contribution in [0.1, 0.15) is 5.56 Å². The Hall–Kier alpha value is -1.07. The molecule has 0 atom stereocenters. The van der Waals surface area contributed by atoms with E-state index in [1.165, 1.54) is 0 Å². The maximum Gasteiger partial charge on any atom is 0.306 e. The van der Waals surface area contributed by atoms with E-state index in [-0.39, 0.29) is 12.4 Å². The summed E-state index contributed by atoms with van der Waals surface area (Å²) in [5.74, 6) is 0.282. The molecule has 1 aromatic rings. The van der Waals surface area contributed by atoms with Gasteiger partial charge in [-0.2, -0.15) is 8.42 Å². The van der Waals surface area contributed by atoms with E-state index in [0.29, 0.717) is 12.0 Å². The Morgan fingerprint density at radius 2 is 2.00 bits per heavy atom. The molecule has 1 rings (SSSR count). The summed E-state index contributed by atoms with van der Waals surface area (Å²) in [7, 11) is -3.50. The minimum Gasteiger partial charge on any atom is -0.396 e. The molecule has 1 aromatic carbocycles. The minimum absolute atomic E-state index is 0.0376. The Bertz CT molecular complexity index is 397. The Labute approximate surface area is 83.3 Å². The molecule has 0 saturated carbocycles. The summed E-state index contributed by atoms with van der Waals surface area (Å²) in [6.45, 7) is -0.0376. The molecule has 0 bridgehead atoms. The molecule has 0 unspecified atom stereocenters. The predicted octanol–water partition coefficient (Wildman–Crippen LogP) is 0.560. The summed E-state index contributed by atoms with van der Waals surface area (Å²) < 4.78 is 26.5. The molecule has 0 aliphatic carbocycles. The maximum atomic E-state index is 10.9. The molecule has 1 N–H and O–H groups in total. The van der Waals surface area contributed by atoms with Crippen molar-refractivity contribution in [2.45, 2.75) is 6.42 Å². The second kappa shape index (κ2) is 4.43. The van der Waals surface area contributed by atoms with Gasteiger partial charge in [0.2, 0.25) is 0 Å². The first-order valence-corrected chi connectivity index (χ1v) is 5.93. The van der Waals surface area contributed by atoms with Crippen LogP contribution in [0.15, 0.2) is 24.3 Å². The van der Waals surface area contributed by atoms with E-state index in [1.807, 2.05) is 0 Å². The quantitative estimate of drug-likeness (QED) is 0.747. The van der Waals surface area contributed by atoms with Gasteiger partial charge in [-0.25, -0.2) is 0 Å². The summed E-state index contributed by atoms with van der Waals surface area (Å²) in [5, 5.41) is 8.74. The van der Waals surface area contributed by atoms with Crippen LogP contribution in [0.25, 0.3) is 0 Å². The smallest absolute Gasteiger partial charge is 0.306 e. The molecule has 14 heavy (non-hydrogen) atoms. The molecule has 5 heteroatoms. The van der Waals surface area contributed by atoms with E-state index in [2.05, 4.69) is 0 Å². The lowest BCUT2D eigenvalue weighted by atomic mass is 10.1.